The van der Waals surface area contributed by atoms with E-state index in [1.165, 1.54) is 18.2 Å². The van der Waals surface area contributed by atoms with Gasteiger partial charge in [-0.2, -0.15) is 0 Å². The predicted octanol–water partition coefficient (Wildman–Crippen LogP) is 2.29. The molecule has 0 saturated heterocycles. The van der Waals surface area contributed by atoms with Gasteiger partial charge < -0.3 is 9.64 Å². The molecule has 3 nitrogen and oxygen atoms in total. The summed E-state index contributed by atoms with van der Waals surface area (Å²) >= 11 is 0. The van der Waals surface area contributed by atoms with Gasteiger partial charge >= 0.3 is 5.97 Å². The second-order valence-corrected chi connectivity index (χ2v) is 5.92. The fourth-order valence-corrected chi connectivity index (χ4v) is 2.77. The van der Waals surface area contributed by atoms with Crippen LogP contribution in [0.3, 0.4) is 0 Å². The second-order valence-electron chi connectivity index (χ2n) is 5.92. The Labute approximate surface area is 115 Å². The van der Waals surface area contributed by atoms with Crippen LogP contribution >= 0.6 is 0 Å². The molecule has 0 spiro atoms. The lowest BCUT2D eigenvalue weighted by atomic mass is 9.93. The summed E-state index contributed by atoms with van der Waals surface area (Å²) in [7, 11) is 1.46. The summed E-state index contributed by atoms with van der Waals surface area (Å²) in [4.78, 5) is 14.1. The van der Waals surface area contributed by atoms with Gasteiger partial charge in [-0.05, 0) is 37.8 Å². The van der Waals surface area contributed by atoms with Gasteiger partial charge in [0.15, 0.2) is 0 Å². The van der Waals surface area contributed by atoms with Gasteiger partial charge in [0.1, 0.15) is 0 Å². The Morgan fingerprint density at radius 2 is 1.74 bits per heavy atom. The summed E-state index contributed by atoms with van der Waals surface area (Å²) in [6.45, 7) is 6.69. The molecule has 104 valence electrons. The first-order valence-electron chi connectivity index (χ1n) is 6.90. The number of methoxy groups -OCH3 is 1. The average molecular weight is 261 g/mol. The summed E-state index contributed by atoms with van der Waals surface area (Å²) in [5.41, 5.74) is 2.45. The molecule has 1 aliphatic rings. The maximum atomic E-state index is 11.8. The van der Waals surface area contributed by atoms with E-state index in [1.54, 1.807) is 0 Å². The topological polar surface area (TPSA) is 29.5 Å². The van der Waals surface area contributed by atoms with Crippen molar-refractivity contribution >= 4 is 5.97 Å². The van der Waals surface area contributed by atoms with E-state index >= 15 is 0 Å². The maximum absolute atomic E-state index is 11.8. The number of hydrogen-bond donors (Lipinski definition) is 0. The molecular weight excluding hydrogens is 238 g/mol. The maximum Gasteiger partial charge on any atom is 0.312 e. The molecule has 0 aromatic heterocycles. The lowest BCUT2D eigenvalue weighted by Gasteiger charge is -2.29. The predicted molar refractivity (Wildman–Crippen MR) is 76.1 cm³/mol. The number of nitrogens with zero attached hydrogens (tertiary/aromatic N) is 1. The molecule has 1 aliphatic heterocycles. The van der Waals surface area contributed by atoms with Gasteiger partial charge in [0.05, 0.1) is 12.5 Å². The molecule has 1 aromatic carbocycles. The molecule has 0 saturated carbocycles. The summed E-state index contributed by atoms with van der Waals surface area (Å²) in [6, 6.07) is 8.63. The highest BCUT2D eigenvalue weighted by molar-refractivity contribution is 5.76. The lowest BCUT2D eigenvalue weighted by molar-refractivity contribution is -0.151. The molecule has 19 heavy (non-hydrogen) atoms. The standard InChI is InChI=1S/C16H23NO2/c1-16(2,15(18)19-3)12-17-10-8-13-6-4-5-7-14(13)9-11-17/h4-7H,8-12H2,1-3H3. The van der Waals surface area contributed by atoms with E-state index in [0.717, 1.165) is 32.5 Å². The number of carbonyl (C=O) groups is 1. The molecule has 0 aliphatic carbocycles. The third kappa shape index (κ3) is 3.35. The Morgan fingerprint density at radius 3 is 2.21 bits per heavy atom. The van der Waals surface area contributed by atoms with Crippen LogP contribution in [0.2, 0.25) is 0 Å². The van der Waals surface area contributed by atoms with Gasteiger partial charge in [0.2, 0.25) is 0 Å². The Bertz CT molecular complexity index is 427. The van der Waals surface area contributed by atoms with Gasteiger partial charge in [-0.1, -0.05) is 24.3 Å². The first-order valence-corrected chi connectivity index (χ1v) is 6.90. The number of rotatable bonds is 3. The molecular formula is C16H23NO2. The third-order valence-electron chi connectivity index (χ3n) is 3.87. The number of hydrogen-bond acceptors (Lipinski definition) is 3. The normalized spacial score (nSPS) is 16.6. The zero-order chi connectivity index (χ0) is 13.9. The van der Waals surface area contributed by atoms with Crippen molar-refractivity contribution in [1.29, 1.82) is 0 Å². The smallest absolute Gasteiger partial charge is 0.312 e. The van der Waals surface area contributed by atoms with Crippen LogP contribution in [0.1, 0.15) is 25.0 Å². The summed E-state index contributed by atoms with van der Waals surface area (Å²) < 4.78 is 4.88. The van der Waals surface area contributed by atoms with E-state index in [9.17, 15) is 4.79 Å². The molecule has 0 N–H and O–H groups in total. The van der Waals surface area contributed by atoms with Crippen LogP contribution in [-0.4, -0.2) is 37.6 Å². The van der Waals surface area contributed by atoms with Crippen molar-refractivity contribution in [3.63, 3.8) is 0 Å². The molecule has 1 heterocycles. The van der Waals surface area contributed by atoms with Crippen LogP contribution in [0.25, 0.3) is 0 Å². The first kappa shape index (κ1) is 14.1. The van der Waals surface area contributed by atoms with E-state index in [0.29, 0.717) is 0 Å². The van der Waals surface area contributed by atoms with E-state index < -0.39 is 5.41 Å². The van der Waals surface area contributed by atoms with Gasteiger partial charge in [0, 0.05) is 19.6 Å². The van der Waals surface area contributed by atoms with Crippen LogP contribution in [0.15, 0.2) is 24.3 Å². The molecule has 0 atom stereocenters. The monoisotopic (exact) mass is 261 g/mol. The highest BCUT2D eigenvalue weighted by Gasteiger charge is 2.31. The molecule has 0 amide bonds. The average Bonchev–Trinajstić information content (AvgIpc) is 2.60. The van der Waals surface area contributed by atoms with Crippen molar-refractivity contribution in [2.75, 3.05) is 26.7 Å². The Morgan fingerprint density at radius 1 is 1.21 bits per heavy atom. The molecule has 1 aromatic rings. The van der Waals surface area contributed by atoms with E-state index in [1.807, 2.05) is 13.8 Å². The number of ether oxygens (including phenoxy) is 1. The van der Waals surface area contributed by atoms with Crippen molar-refractivity contribution in [2.45, 2.75) is 26.7 Å². The second kappa shape index (κ2) is 5.74. The largest absolute Gasteiger partial charge is 0.469 e. The summed E-state index contributed by atoms with van der Waals surface area (Å²) in [6.07, 6.45) is 2.13. The zero-order valence-corrected chi connectivity index (χ0v) is 12.1. The summed E-state index contributed by atoms with van der Waals surface area (Å²) in [5.74, 6) is -0.130. The molecule has 0 fully saturated rings. The number of carbonyl (C=O) groups excluding carboxylic acids is 1. The van der Waals surface area contributed by atoms with Gasteiger partial charge in [-0.15, -0.1) is 0 Å². The Kier molecular flexibility index (Phi) is 4.25. The minimum atomic E-state index is -0.439. The quantitative estimate of drug-likeness (QED) is 0.782. The van der Waals surface area contributed by atoms with Crippen LogP contribution < -0.4 is 0 Å². The number of esters is 1. The third-order valence-corrected chi connectivity index (χ3v) is 3.87. The van der Waals surface area contributed by atoms with Crippen molar-refractivity contribution in [3.8, 4) is 0 Å². The first-order chi connectivity index (χ1) is 9.03. The van der Waals surface area contributed by atoms with Crippen molar-refractivity contribution in [1.82, 2.24) is 4.90 Å². The van der Waals surface area contributed by atoms with E-state index in [4.69, 9.17) is 4.74 Å². The van der Waals surface area contributed by atoms with Gasteiger partial charge in [-0.25, -0.2) is 0 Å². The Hall–Kier alpha value is -1.35. The summed E-state index contributed by atoms with van der Waals surface area (Å²) in [5, 5.41) is 0. The SMILES string of the molecule is COC(=O)C(C)(C)CN1CCc2ccccc2CC1. The molecule has 0 bridgehead atoms. The fourth-order valence-electron chi connectivity index (χ4n) is 2.77. The highest BCUT2D eigenvalue weighted by Crippen LogP contribution is 2.22. The molecule has 2 rings (SSSR count). The van der Waals surface area contributed by atoms with E-state index in [-0.39, 0.29) is 5.97 Å². The van der Waals surface area contributed by atoms with Crippen LogP contribution in [0.4, 0.5) is 0 Å². The fraction of sp³-hybridized carbons (Fsp3) is 0.562. The molecule has 0 unspecified atom stereocenters. The molecule has 0 radical (unpaired) electrons. The van der Waals surface area contributed by atoms with Gasteiger partial charge in [-0.3, -0.25) is 4.79 Å². The zero-order valence-electron chi connectivity index (χ0n) is 12.1. The number of fused-ring (bicyclic) bond motifs is 1. The number of benzene rings is 1. The van der Waals surface area contributed by atoms with Crippen molar-refractivity contribution in [2.24, 2.45) is 5.41 Å². The lowest BCUT2D eigenvalue weighted by Crippen LogP contribution is -2.41. The van der Waals surface area contributed by atoms with Crippen LogP contribution in [-0.2, 0) is 22.4 Å². The minimum absolute atomic E-state index is 0.130. The minimum Gasteiger partial charge on any atom is -0.469 e. The van der Waals surface area contributed by atoms with Gasteiger partial charge in [0.25, 0.3) is 0 Å². The van der Waals surface area contributed by atoms with Crippen LogP contribution in [0.5, 0.6) is 0 Å². The van der Waals surface area contributed by atoms with Crippen molar-refractivity contribution < 1.29 is 9.53 Å². The molecule has 3 heteroatoms. The highest BCUT2D eigenvalue weighted by atomic mass is 16.5. The van der Waals surface area contributed by atoms with Crippen LogP contribution in [0, 0.1) is 5.41 Å². The van der Waals surface area contributed by atoms with Crippen molar-refractivity contribution in [3.05, 3.63) is 35.4 Å². The van der Waals surface area contributed by atoms with E-state index in [2.05, 4.69) is 29.2 Å². The Balaban J connectivity index is 2.01.